The molecule has 1 atom stereocenters. The van der Waals surface area contributed by atoms with E-state index in [9.17, 15) is 9.59 Å². The predicted octanol–water partition coefficient (Wildman–Crippen LogP) is 1.19. The summed E-state index contributed by atoms with van der Waals surface area (Å²) in [7, 11) is 0. The molecule has 5 heteroatoms. The van der Waals surface area contributed by atoms with E-state index in [0.29, 0.717) is 11.6 Å². The molecular weight excluding hydrogens is 240 g/mol. The van der Waals surface area contributed by atoms with E-state index in [1.807, 2.05) is 12.1 Å². The lowest BCUT2D eigenvalue weighted by atomic mass is 10.1. The molecule has 1 aromatic rings. The lowest BCUT2D eigenvalue weighted by Crippen LogP contribution is -2.56. The highest BCUT2D eigenvalue weighted by molar-refractivity contribution is 6.30. The van der Waals surface area contributed by atoms with Crippen LogP contribution in [-0.4, -0.2) is 29.3 Å². The summed E-state index contributed by atoms with van der Waals surface area (Å²) in [5.74, 6) is -0.175. The highest BCUT2D eigenvalue weighted by Crippen LogP contribution is 2.13. The van der Waals surface area contributed by atoms with Gasteiger partial charge in [-0.05, 0) is 24.6 Å². The fourth-order valence-electron chi connectivity index (χ4n) is 1.82. The van der Waals surface area contributed by atoms with E-state index >= 15 is 0 Å². The van der Waals surface area contributed by atoms with E-state index in [1.54, 1.807) is 24.0 Å². The second-order valence-electron chi connectivity index (χ2n) is 4.11. The number of piperazine rings is 1. The predicted molar refractivity (Wildman–Crippen MR) is 64.5 cm³/mol. The number of nitrogens with one attached hydrogen (secondary N) is 1. The van der Waals surface area contributed by atoms with Crippen LogP contribution in [0.25, 0.3) is 0 Å². The Hall–Kier alpha value is -1.55. The Balaban J connectivity index is 2.09. The van der Waals surface area contributed by atoms with Gasteiger partial charge in [0.25, 0.3) is 0 Å². The van der Waals surface area contributed by atoms with Crippen molar-refractivity contribution in [3.63, 3.8) is 0 Å². The third-order valence-electron chi connectivity index (χ3n) is 2.68. The maximum Gasteiger partial charge on any atom is 0.245 e. The summed E-state index contributed by atoms with van der Waals surface area (Å²) in [6.07, 6.45) is 0. The van der Waals surface area contributed by atoms with Crippen LogP contribution in [0.3, 0.4) is 0 Å². The third-order valence-corrected chi connectivity index (χ3v) is 2.93. The summed E-state index contributed by atoms with van der Waals surface area (Å²) in [6, 6.07) is 6.81. The first-order valence-electron chi connectivity index (χ1n) is 5.39. The minimum absolute atomic E-state index is 0.0560. The monoisotopic (exact) mass is 252 g/mol. The molecule has 0 aromatic heterocycles. The van der Waals surface area contributed by atoms with Gasteiger partial charge >= 0.3 is 0 Å². The number of amides is 2. The van der Waals surface area contributed by atoms with Crippen molar-refractivity contribution in [2.24, 2.45) is 0 Å². The molecule has 90 valence electrons. The van der Waals surface area contributed by atoms with Crippen molar-refractivity contribution in [1.82, 2.24) is 10.2 Å². The number of halogens is 1. The Bertz CT molecular complexity index is 444. The molecule has 1 saturated heterocycles. The van der Waals surface area contributed by atoms with Crippen LogP contribution in [0.4, 0.5) is 0 Å². The summed E-state index contributed by atoms with van der Waals surface area (Å²) >= 11 is 5.78. The molecule has 2 rings (SSSR count). The molecule has 1 aliphatic rings. The SMILES string of the molecule is CC1NC(=O)CN(Cc2ccc(Cl)cc2)C1=O. The van der Waals surface area contributed by atoms with E-state index in [-0.39, 0.29) is 18.4 Å². The number of nitrogens with zero attached hydrogens (tertiary/aromatic N) is 1. The molecule has 0 radical (unpaired) electrons. The van der Waals surface area contributed by atoms with Crippen molar-refractivity contribution < 1.29 is 9.59 Å². The fraction of sp³-hybridized carbons (Fsp3) is 0.333. The second kappa shape index (κ2) is 4.75. The van der Waals surface area contributed by atoms with Crippen LogP contribution in [0, 0.1) is 0 Å². The molecule has 1 heterocycles. The molecule has 0 bridgehead atoms. The van der Waals surface area contributed by atoms with Crippen molar-refractivity contribution in [2.75, 3.05) is 6.54 Å². The minimum Gasteiger partial charge on any atom is -0.343 e. The average molecular weight is 253 g/mol. The number of carbonyl (C=O) groups excluding carboxylic acids is 2. The normalized spacial score (nSPS) is 20.4. The van der Waals surface area contributed by atoms with Crippen LogP contribution >= 0.6 is 11.6 Å². The first kappa shape index (κ1) is 11.9. The van der Waals surface area contributed by atoms with Gasteiger partial charge in [0.1, 0.15) is 6.04 Å². The lowest BCUT2D eigenvalue weighted by molar-refractivity contribution is -0.144. The van der Waals surface area contributed by atoms with Gasteiger partial charge < -0.3 is 10.2 Å². The zero-order chi connectivity index (χ0) is 12.4. The van der Waals surface area contributed by atoms with Gasteiger partial charge in [0.05, 0.1) is 6.54 Å². The van der Waals surface area contributed by atoms with Crippen LogP contribution in [0.15, 0.2) is 24.3 Å². The van der Waals surface area contributed by atoms with E-state index < -0.39 is 6.04 Å². The summed E-state index contributed by atoms with van der Waals surface area (Å²) in [4.78, 5) is 24.7. The molecule has 17 heavy (non-hydrogen) atoms. The van der Waals surface area contributed by atoms with Gasteiger partial charge in [-0.3, -0.25) is 9.59 Å². The zero-order valence-electron chi connectivity index (χ0n) is 9.44. The quantitative estimate of drug-likeness (QED) is 0.860. The van der Waals surface area contributed by atoms with Crippen molar-refractivity contribution in [2.45, 2.75) is 19.5 Å². The molecule has 1 fully saturated rings. The average Bonchev–Trinajstić information content (AvgIpc) is 2.28. The first-order chi connectivity index (χ1) is 8.06. The first-order valence-corrected chi connectivity index (χ1v) is 5.76. The number of rotatable bonds is 2. The van der Waals surface area contributed by atoms with Gasteiger partial charge in [-0.1, -0.05) is 23.7 Å². The largest absolute Gasteiger partial charge is 0.343 e. The maximum absolute atomic E-state index is 11.8. The Kier molecular flexibility index (Phi) is 3.33. The van der Waals surface area contributed by atoms with Crippen molar-refractivity contribution >= 4 is 23.4 Å². The van der Waals surface area contributed by atoms with Gasteiger partial charge in [-0.25, -0.2) is 0 Å². The molecular formula is C12H13ClN2O2. The van der Waals surface area contributed by atoms with Crippen LogP contribution in [-0.2, 0) is 16.1 Å². The molecule has 0 aliphatic carbocycles. The van der Waals surface area contributed by atoms with E-state index in [0.717, 1.165) is 5.56 Å². The Morgan fingerprint density at radius 3 is 2.65 bits per heavy atom. The standard InChI is InChI=1S/C12H13ClN2O2/c1-8-12(17)15(7-11(16)14-8)6-9-2-4-10(13)5-3-9/h2-5,8H,6-7H2,1H3,(H,14,16). The highest BCUT2D eigenvalue weighted by atomic mass is 35.5. The number of hydrogen-bond donors (Lipinski definition) is 1. The Morgan fingerprint density at radius 2 is 2.00 bits per heavy atom. The number of benzene rings is 1. The summed E-state index contributed by atoms with van der Waals surface area (Å²) in [6.45, 7) is 2.24. The molecule has 1 N–H and O–H groups in total. The highest BCUT2D eigenvalue weighted by Gasteiger charge is 2.29. The minimum atomic E-state index is -0.441. The molecule has 1 aromatic carbocycles. The van der Waals surface area contributed by atoms with Gasteiger partial charge in [0, 0.05) is 11.6 Å². The summed E-state index contributed by atoms with van der Waals surface area (Å²) in [5, 5.41) is 3.26. The molecule has 0 saturated carbocycles. The van der Waals surface area contributed by atoms with Crippen LogP contribution in [0.2, 0.25) is 5.02 Å². The Morgan fingerprint density at radius 1 is 1.35 bits per heavy atom. The molecule has 2 amide bonds. The van der Waals surface area contributed by atoms with Crippen molar-refractivity contribution in [3.8, 4) is 0 Å². The summed E-state index contributed by atoms with van der Waals surface area (Å²) < 4.78 is 0. The van der Waals surface area contributed by atoms with Gasteiger partial charge in [-0.15, -0.1) is 0 Å². The molecule has 1 unspecified atom stereocenters. The van der Waals surface area contributed by atoms with Crippen molar-refractivity contribution in [1.29, 1.82) is 0 Å². The fourth-order valence-corrected chi connectivity index (χ4v) is 1.94. The second-order valence-corrected chi connectivity index (χ2v) is 4.55. The third kappa shape index (κ3) is 2.77. The smallest absolute Gasteiger partial charge is 0.245 e. The molecule has 4 nitrogen and oxygen atoms in total. The van der Waals surface area contributed by atoms with Crippen LogP contribution in [0.5, 0.6) is 0 Å². The van der Waals surface area contributed by atoms with Crippen LogP contribution < -0.4 is 5.32 Å². The maximum atomic E-state index is 11.8. The number of hydrogen-bond acceptors (Lipinski definition) is 2. The van der Waals surface area contributed by atoms with E-state index in [2.05, 4.69) is 5.32 Å². The topological polar surface area (TPSA) is 49.4 Å². The summed E-state index contributed by atoms with van der Waals surface area (Å²) in [5.41, 5.74) is 0.963. The van der Waals surface area contributed by atoms with E-state index in [4.69, 9.17) is 11.6 Å². The van der Waals surface area contributed by atoms with E-state index in [1.165, 1.54) is 0 Å². The molecule has 1 aliphatic heterocycles. The Labute approximate surface area is 105 Å². The van der Waals surface area contributed by atoms with Crippen molar-refractivity contribution in [3.05, 3.63) is 34.9 Å². The lowest BCUT2D eigenvalue weighted by Gasteiger charge is -2.30. The van der Waals surface area contributed by atoms with Gasteiger partial charge in [-0.2, -0.15) is 0 Å². The zero-order valence-corrected chi connectivity index (χ0v) is 10.2. The van der Waals surface area contributed by atoms with Gasteiger partial charge in [0.15, 0.2) is 0 Å². The van der Waals surface area contributed by atoms with Crippen LogP contribution in [0.1, 0.15) is 12.5 Å². The molecule has 0 spiro atoms. The number of carbonyl (C=O) groups is 2. The van der Waals surface area contributed by atoms with Gasteiger partial charge in [0.2, 0.25) is 11.8 Å².